The summed E-state index contributed by atoms with van der Waals surface area (Å²) < 4.78 is 34.5. The predicted octanol–water partition coefficient (Wildman–Crippen LogP) is 5.14. The van der Waals surface area contributed by atoms with Crippen LogP contribution in [-0.4, -0.2) is 22.4 Å². The van der Waals surface area contributed by atoms with Crippen LogP contribution in [-0.2, 0) is 11.2 Å². The second-order valence-electron chi connectivity index (χ2n) is 7.43. The van der Waals surface area contributed by atoms with Gasteiger partial charge < -0.3 is 4.42 Å². The zero-order valence-corrected chi connectivity index (χ0v) is 17.0. The molecule has 5 nitrogen and oxygen atoms in total. The summed E-state index contributed by atoms with van der Waals surface area (Å²) in [6.07, 6.45) is 4.58. The van der Waals surface area contributed by atoms with E-state index in [9.17, 15) is 13.6 Å². The van der Waals surface area contributed by atoms with Gasteiger partial charge in [-0.1, -0.05) is 30.3 Å². The van der Waals surface area contributed by atoms with E-state index in [2.05, 4.69) is 9.98 Å². The van der Waals surface area contributed by atoms with E-state index in [0.29, 0.717) is 22.6 Å². The zero-order valence-electron chi connectivity index (χ0n) is 17.0. The first-order chi connectivity index (χ1) is 15.5. The third kappa shape index (κ3) is 3.47. The van der Waals surface area contributed by atoms with E-state index >= 15 is 0 Å². The Morgan fingerprint density at radius 1 is 1.03 bits per heavy atom. The van der Waals surface area contributed by atoms with Crippen LogP contribution >= 0.6 is 0 Å². The Bertz CT molecular complexity index is 1350. The summed E-state index contributed by atoms with van der Waals surface area (Å²) in [5.41, 5.74) is 1.90. The number of fused-ring (bicyclic) bond motifs is 1. The molecule has 0 N–H and O–H groups in total. The van der Waals surface area contributed by atoms with Crippen molar-refractivity contribution < 1.29 is 18.0 Å². The molecule has 0 saturated carbocycles. The molecule has 0 spiro atoms. The van der Waals surface area contributed by atoms with Crippen LogP contribution in [0.2, 0.25) is 0 Å². The van der Waals surface area contributed by atoms with Crippen LogP contribution in [0.5, 0.6) is 0 Å². The van der Waals surface area contributed by atoms with E-state index in [1.165, 1.54) is 29.5 Å². The van der Waals surface area contributed by atoms with Crippen molar-refractivity contribution in [1.29, 1.82) is 0 Å². The summed E-state index contributed by atoms with van der Waals surface area (Å²) in [5, 5.41) is 0. The first-order valence-electron chi connectivity index (χ1n) is 9.97. The Kier molecular flexibility index (Phi) is 4.86. The maximum Gasteiger partial charge on any atom is 0.282 e. The molecule has 3 aromatic rings. The predicted molar refractivity (Wildman–Crippen MR) is 118 cm³/mol. The number of furan rings is 1. The van der Waals surface area contributed by atoms with Crippen LogP contribution < -0.4 is 0 Å². The van der Waals surface area contributed by atoms with Crippen molar-refractivity contribution in [2.24, 2.45) is 9.98 Å². The third-order valence-corrected chi connectivity index (χ3v) is 5.26. The number of hydrogen-bond acceptors (Lipinski definition) is 4. The number of aryl methyl sites for hydroxylation is 1. The molecule has 0 fully saturated rings. The Morgan fingerprint density at radius 2 is 1.88 bits per heavy atom. The molecular weight excluding hydrogens is 412 g/mol. The molecule has 2 aliphatic rings. The van der Waals surface area contributed by atoms with Gasteiger partial charge in [-0.05, 0) is 42.3 Å². The van der Waals surface area contributed by atoms with Gasteiger partial charge in [0.1, 0.15) is 23.1 Å². The monoisotopic (exact) mass is 429 g/mol. The Morgan fingerprint density at radius 3 is 2.66 bits per heavy atom. The standard InChI is InChI=1S/C25H17F2N3O2/c1-15-6-4-9-18(23(15)27)22-14-30-24(20(28-22)12-16-7-2-3-10-19(16)26)29-21(25(30)31)13-17-8-5-11-32-17/h2-11,13-14H,12H2,1H3/b21-13-. The van der Waals surface area contributed by atoms with Crippen molar-refractivity contribution in [3.8, 4) is 0 Å². The van der Waals surface area contributed by atoms with Crippen molar-refractivity contribution >= 4 is 29.2 Å². The summed E-state index contributed by atoms with van der Waals surface area (Å²) >= 11 is 0. The van der Waals surface area contributed by atoms with Crippen molar-refractivity contribution in [2.45, 2.75) is 13.3 Å². The molecule has 32 heavy (non-hydrogen) atoms. The molecular formula is C25H17F2N3O2. The highest BCUT2D eigenvalue weighted by Gasteiger charge is 2.35. The van der Waals surface area contributed by atoms with E-state index in [1.807, 2.05) is 0 Å². The lowest BCUT2D eigenvalue weighted by atomic mass is 10.0. The van der Waals surface area contributed by atoms with Gasteiger partial charge in [0.15, 0.2) is 5.84 Å². The second kappa shape index (κ2) is 7.85. The number of halogens is 2. The van der Waals surface area contributed by atoms with E-state index in [1.54, 1.807) is 55.5 Å². The second-order valence-corrected chi connectivity index (χ2v) is 7.43. The number of carbonyl (C=O) groups is 1. The van der Waals surface area contributed by atoms with E-state index in [0.717, 1.165) is 0 Å². The molecule has 3 heterocycles. The van der Waals surface area contributed by atoms with Crippen LogP contribution in [0.1, 0.15) is 22.5 Å². The number of amides is 1. The minimum atomic E-state index is -0.425. The number of carbonyl (C=O) groups excluding carboxylic acids is 1. The quantitative estimate of drug-likeness (QED) is 0.539. The lowest BCUT2D eigenvalue weighted by Gasteiger charge is -2.22. The molecule has 1 amide bonds. The van der Waals surface area contributed by atoms with Crippen LogP contribution in [0.15, 0.2) is 87.2 Å². The molecule has 1 aromatic heterocycles. The fourth-order valence-corrected chi connectivity index (χ4v) is 3.62. The molecule has 7 heteroatoms. The highest BCUT2D eigenvalue weighted by molar-refractivity contribution is 6.48. The number of rotatable bonds is 4. The first kappa shape index (κ1) is 19.8. The molecule has 0 atom stereocenters. The first-order valence-corrected chi connectivity index (χ1v) is 9.97. The van der Waals surface area contributed by atoms with E-state index in [-0.39, 0.29) is 29.2 Å². The molecule has 158 valence electrons. The maximum atomic E-state index is 14.8. The van der Waals surface area contributed by atoms with Gasteiger partial charge in [-0.15, -0.1) is 0 Å². The summed E-state index contributed by atoms with van der Waals surface area (Å²) in [7, 11) is 0. The highest BCUT2D eigenvalue weighted by Crippen LogP contribution is 2.30. The van der Waals surface area contributed by atoms with Crippen molar-refractivity contribution in [2.75, 3.05) is 0 Å². The molecule has 0 saturated heterocycles. The maximum absolute atomic E-state index is 14.8. The van der Waals surface area contributed by atoms with Gasteiger partial charge >= 0.3 is 0 Å². The SMILES string of the molecule is Cc1cccc(C2=CN3C(=O)/C(=C/c4ccco4)N=C3C(Cc3ccccc3F)=N2)c1F. The minimum Gasteiger partial charge on any atom is -0.465 e. The fraction of sp³-hybridized carbons (Fsp3) is 0.0800. The lowest BCUT2D eigenvalue weighted by Crippen LogP contribution is -2.36. The van der Waals surface area contributed by atoms with Crippen LogP contribution in [0.25, 0.3) is 11.8 Å². The third-order valence-electron chi connectivity index (χ3n) is 5.26. The number of nitrogens with zero attached hydrogens (tertiary/aromatic N) is 3. The van der Waals surface area contributed by atoms with E-state index < -0.39 is 17.5 Å². The van der Waals surface area contributed by atoms with E-state index in [4.69, 9.17) is 4.42 Å². The highest BCUT2D eigenvalue weighted by atomic mass is 19.1. The molecule has 0 unspecified atom stereocenters. The normalized spacial score (nSPS) is 16.7. The van der Waals surface area contributed by atoms with Crippen molar-refractivity contribution in [3.05, 3.63) is 107 Å². The number of aliphatic imine (C=N–C) groups is 2. The number of amidine groups is 1. The lowest BCUT2D eigenvalue weighted by molar-refractivity contribution is -0.120. The zero-order chi connectivity index (χ0) is 22.2. The van der Waals surface area contributed by atoms with Crippen molar-refractivity contribution in [3.63, 3.8) is 0 Å². The van der Waals surface area contributed by atoms with Gasteiger partial charge in [0.2, 0.25) is 0 Å². The average molecular weight is 429 g/mol. The Balaban J connectivity index is 1.63. The molecule has 5 rings (SSSR count). The average Bonchev–Trinajstić information content (AvgIpc) is 3.41. The summed E-state index contributed by atoms with van der Waals surface area (Å²) in [6, 6.07) is 14.7. The smallest absolute Gasteiger partial charge is 0.282 e. The van der Waals surface area contributed by atoms with Gasteiger partial charge in [-0.25, -0.2) is 18.8 Å². The molecule has 2 aliphatic heterocycles. The molecule has 0 aliphatic carbocycles. The number of benzene rings is 2. The van der Waals surface area contributed by atoms with Crippen LogP contribution in [0.4, 0.5) is 8.78 Å². The van der Waals surface area contributed by atoms with Gasteiger partial charge in [0.05, 0.1) is 17.7 Å². The molecule has 2 aromatic carbocycles. The summed E-state index contributed by atoms with van der Waals surface area (Å²) in [6.45, 7) is 1.66. The van der Waals surface area contributed by atoms with Crippen molar-refractivity contribution in [1.82, 2.24) is 4.90 Å². The molecule has 0 bridgehead atoms. The minimum absolute atomic E-state index is 0.0914. The Labute approximate surface area is 182 Å². The fourth-order valence-electron chi connectivity index (χ4n) is 3.62. The van der Waals surface area contributed by atoms with Gasteiger partial charge in [0, 0.05) is 24.3 Å². The van der Waals surface area contributed by atoms with Crippen LogP contribution in [0.3, 0.4) is 0 Å². The topological polar surface area (TPSA) is 58.2 Å². The summed E-state index contributed by atoms with van der Waals surface area (Å²) in [5.74, 6) is -0.461. The van der Waals surface area contributed by atoms with Gasteiger partial charge in [0.25, 0.3) is 5.91 Å². The molecule has 0 radical (unpaired) electrons. The Hall–Kier alpha value is -4.13. The van der Waals surface area contributed by atoms with Gasteiger partial charge in [-0.2, -0.15) is 0 Å². The largest absolute Gasteiger partial charge is 0.465 e. The van der Waals surface area contributed by atoms with Crippen LogP contribution in [0, 0.1) is 18.6 Å². The number of hydrogen-bond donors (Lipinski definition) is 0. The van der Waals surface area contributed by atoms with Gasteiger partial charge in [-0.3, -0.25) is 9.69 Å². The summed E-state index contributed by atoms with van der Waals surface area (Å²) in [4.78, 5) is 23.5.